The average molecular weight is 320 g/mol. The number of hydrogen-bond acceptors (Lipinski definition) is 5. The summed E-state index contributed by atoms with van der Waals surface area (Å²) in [5.74, 6) is 0.0920. The topological polar surface area (TPSA) is 79.1 Å². The number of hydrogen-bond donors (Lipinski definition) is 1. The maximum Gasteiger partial charge on any atom is 0.260 e. The second kappa shape index (κ2) is 7.32. The minimum atomic E-state index is -0.440. The molecule has 0 spiro atoms. The number of carbonyl (C=O) groups is 2. The van der Waals surface area contributed by atoms with E-state index >= 15 is 0 Å². The van der Waals surface area contributed by atoms with Gasteiger partial charge in [0.15, 0.2) is 6.61 Å². The van der Waals surface area contributed by atoms with Gasteiger partial charge < -0.3 is 20.3 Å². The quantitative estimate of drug-likeness (QED) is 0.810. The Morgan fingerprint density at radius 2 is 2.09 bits per heavy atom. The molecule has 0 aliphatic carbocycles. The SMILES string of the molecule is CN(C)c1cccc(OCC(=O)N2CCN(C)C(C(N)=O)C2)c1. The number of primary amides is 1. The van der Waals surface area contributed by atoms with E-state index in [1.54, 1.807) is 4.90 Å². The van der Waals surface area contributed by atoms with Crippen molar-refractivity contribution >= 4 is 17.5 Å². The van der Waals surface area contributed by atoms with Crippen molar-refractivity contribution in [1.82, 2.24) is 9.80 Å². The number of benzene rings is 1. The first kappa shape index (κ1) is 17.1. The minimum Gasteiger partial charge on any atom is -0.484 e. The molecule has 126 valence electrons. The molecule has 1 heterocycles. The van der Waals surface area contributed by atoms with Crippen molar-refractivity contribution < 1.29 is 14.3 Å². The predicted molar refractivity (Wildman–Crippen MR) is 88.5 cm³/mol. The molecule has 23 heavy (non-hydrogen) atoms. The van der Waals surface area contributed by atoms with Crippen molar-refractivity contribution in [2.75, 3.05) is 52.3 Å². The Morgan fingerprint density at radius 1 is 1.35 bits per heavy atom. The Labute approximate surface area is 136 Å². The fraction of sp³-hybridized carbons (Fsp3) is 0.500. The van der Waals surface area contributed by atoms with E-state index in [1.807, 2.05) is 55.2 Å². The van der Waals surface area contributed by atoms with Gasteiger partial charge in [0.2, 0.25) is 5.91 Å². The zero-order valence-corrected chi connectivity index (χ0v) is 13.9. The van der Waals surface area contributed by atoms with Gasteiger partial charge in [0.25, 0.3) is 5.91 Å². The van der Waals surface area contributed by atoms with Crippen molar-refractivity contribution in [3.8, 4) is 5.75 Å². The number of anilines is 1. The highest BCUT2D eigenvalue weighted by Crippen LogP contribution is 2.19. The molecule has 2 N–H and O–H groups in total. The van der Waals surface area contributed by atoms with Gasteiger partial charge >= 0.3 is 0 Å². The molecule has 1 fully saturated rings. The second-order valence-corrected chi connectivity index (χ2v) is 5.92. The molecule has 1 aliphatic rings. The van der Waals surface area contributed by atoms with E-state index < -0.39 is 11.9 Å². The molecule has 1 aromatic rings. The molecule has 1 aliphatic heterocycles. The average Bonchev–Trinajstić information content (AvgIpc) is 2.53. The van der Waals surface area contributed by atoms with E-state index in [-0.39, 0.29) is 12.5 Å². The van der Waals surface area contributed by atoms with E-state index in [0.717, 1.165) is 5.69 Å². The fourth-order valence-electron chi connectivity index (χ4n) is 2.50. The molecule has 7 heteroatoms. The maximum absolute atomic E-state index is 12.3. The largest absolute Gasteiger partial charge is 0.484 e. The van der Waals surface area contributed by atoms with E-state index in [9.17, 15) is 9.59 Å². The molecule has 0 aromatic heterocycles. The lowest BCUT2D eigenvalue weighted by molar-refractivity contribution is -0.138. The standard InChI is InChI=1S/C16H24N4O3/c1-18(2)12-5-4-6-13(9-12)23-11-15(21)20-8-7-19(3)14(10-20)16(17)22/h4-6,9,14H,7-8,10-11H2,1-3H3,(H2,17,22). The highest BCUT2D eigenvalue weighted by molar-refractivity contribution is 5.83. The van der Waals surface area contributed by atoms with Crippen LogP contribution in [0.25, 0.3) is 0 Å². The molecule has 2 amide bonds. The van der Waals surface area contributed by atoms with E-state index in [1.165, 1.54) is 0 Å². The summed E-state index contributed by atoms with van der Waals surface area (Å²) < 4.78 is 5.59. The molecule has 1 saturated heterocycles. The number of piperazine rings is 1. The van der Waals surface area contributed by atoms with Crippen LogP contribution in [0.5, 0.6) is 5.75 Å². The molecular formula is C16H24N4O3. The molecular weight excluding hydrogens is 296 g/mol. The summed E-state index contributed by atoms with van der Waals surface area (Å²) in [5, 5.41) is 0. The molecule has 0 saturated carbocycles. The molecule has 2 rings (SSSR count). The predicted octanol–water partition coefficient (Wildman–Crippen LogP) is -0.241. The Bertz CT molecular complexity index is 576. The summed E-state index contributed by atoms with van der Waals surface area (Å²) in [5.41, 5.74) is 6.38. The van der Waals surface area contributed by atoms with Gasteiger partial charge in [0.05, 0.1) is 0 Å². The van der Waals surface area contributed by atoms with Crippen LogP contribution in [0.4, 0.5) is 5.69 Å². The van der Waals surface area contributed by atoms with Gasteiger partial charge in [0.1, 0.15) is 11.8 Å². The van der Waals surface area contributed by atoms with Gasteiger partial charge in [0, 0.05) is 45.5 Å². The van der Waals surface area contributed by atoms with E-state index in [4.69, 9.17) is 10.5 Å². The van der Waals surface area contributed by atoms with Crippen molar-refractivity contribution in [3.63, 3.8) is 0 Å². The number of ether oxygens (including phenoxy) is 1. The summed E-state index contributed by atoms with van der Waals surface area (Å²) in [7, 11) is 5.72. The van der Waals surface area contributed by atoms with Crippen LogP contribution in [0.2, 0.25) is 0 Å². The smallest absolute Gasteiger partial charge is 0.260 e. The molecule has 0 radical (unpaired) electrons. The normalized spacial score (nSPS) is 18.6. The summed E-state index contributed by atoms with van der Waals surface area (Å²) in [6.45, 7) is 1.45. The number of likely N-dealkylation sites (N-methyl/N-ethyl adjacent to an activating group) is 1. The zero-order valence-electron chi connectivity index (χ0n) is 13.9. The lowest BCUT2D eigenvalue weighted by Crippen LogP contribution is -2.58. The first-order chi connectivity index (χ1) is 10.9. The lowest BCUT2D eigenvalue weighted by Gasteiger charge is -2.37. The fourth-order valence-corrected chi connectivity index (χ4v) is 2.50. The number of amides is 2. The Kier molecular flexibility index (Phi) is 5.44. The van der Waals surface area contributed by atoms with Gasteiger partial charge in [-0.15, -0.1) is 0 Å². The van der Waals surface area contributed by atoms with Gasteiger partial charge in [-0.25, -0.2) is 0 Å². The molecule has 0 bridgehead atoms. The summed E-state index contributed by atoms with van der Waals surface area (Å²) in [6, 6.07) is 7.10. The van der Waals surface area contributed by atoms with Crippen LogP contribution < -0.4 is 15.4 Å². The van der Waals surface area contributed by atoms with Gasteiger partial charge in [-0.2, -0.15) is 0 Å². The third-order valence-electron chi connectivity index (χ3n) is 4.03. The number of nitrogens with two attached hydrogens (primary N) is 1. The minimum absolute atomic E-state index is 0.0495. The Balaban J connectivity index is 1.92. The van der Waals surface area contributed by atoms with Crippen molar-refractivity contribution in [3.05, 3.63) is 24.3 Å². The maximum atomic E-state index is 12.3. The van der Waals surface area contributed by atoms with Gasteiger partial charge in [-0.1, -0.05) is 6.07 Å². The molecule has 1 unspecified atom stereocenters. The van der Waals surface area contributed by atoms with Crippen LogP contribution in [-0.2, 0) is 9.59 Å². The first-order valence-electron chi connectivity index (χ1n) is 7.56. The third kappa shape index (κ3) is 4.35. The Hall–Kier alpha value is -2.28. The van der Waals surface area contributed by atoms with Crippen molar-refractivity contribution in [2.45, 2.75) is 6.04 Å². The van der Waals surface area contributed by atoms with E-state index in [2.05, 4.69) is 0 Å². The van der Waals surface area contributed by atoms with Gasteiger partial charge in [-0.05, 0) is 19.2 Å². The van der Waals surface area contributed by atoms with Crippen LogP contribution >= 0.6 is 0 Å². The monoisotopic (exact) mass is 320 g/mol. The highest BCUT2D eigenvalue weighted by atomic mass is 16.5. The Morgan fingerprint density at radius 3 is 2.74 bits per heavy atom. The van der Waals surface area contributed by atoms with Crippen LogP contribution in [0.1, 0.15) is 0 Å². The summed E-state index contributed by atoms with van der Waals surface area (Å²) in [6.07, 6.45) is 0. The number of nitrogens with zero attached hydrogens (tertiary/aromatic N) is 3. The number of carbonyl (C=O) groups excluding carboxylic acids is 2. The van der Waals surface area contributed by atoms with Crippen LogP contribution in [0, 0.1) is 0 Å². The summed E-state index contributed by atoms with van der Waals surface area (Å²) in [4.78, 5) is 29.2. The lowest BCUT2D eigenvalue weighted by atomic mass is 10.1. The van der Waals surface area contributed by atoms with Crippen LogP contribution in [0.3, 0.4) is 0 Å². The van der Waals surface area contributed by atoms with Crippen LogP contribution in [-0.4, -0.2) is 75.0 Å². The zero-order chi connectivity index (χ0) is 17.0. The van der Waals surface area contributed by atoms with Crippen molar-refractivity contribution in [2.24, 2.45) is 5.73 Å². The second-order valence-electron chi connectivity index (χ2n) is 5.92. The molecule has 1 aromatic carbocycles. The number of rotatable bonds is 5. The van der Waals surface area contributed by atoms with Crippen LogP contribution in [0.15, 0.2) is 24.3 Å². The third-order valence-corrected chi connectivity index (χ3v) is 4.03. The summed E-state index contributed by atoms with van der Waals surface area (Å²) >= 11 is 0. The molecule has 7 nitrogen and oxygen atoms in total. The molecule has 1 atom stereocenters. The van der Waals surface area contributed by atoms with E-state index in [0.29, 0.717) is 25.4 Å². The van der Waals surface area contributed by atoms with Gasteiger partial charge in [-0.3, -0.25) is 14.5 Å². The van der Waals surface area contributed by atoms with Crippen molar-refractivity contribution in [1.29, 1.82) is 0 Å². The highest BCUT2D eigenvalue weighted by Gasteiger charge is 2.30. The first-order valence-corrected chi connectivity index (χ1v) is 7.56.